The molecular weight excluding hydrogens is 460 g/mol. The molecule has 4 N–H and O–H groups in total. The monoisotopic (exact) mass is 488 g/mol. The number of aryl methyl sites for hydroxylation is 1. The summed E-state index contributed by atoms with van der Waals surface area (Å²) >= 11 is 0. The van der Waals surface area contributed by atoms with Crippen molar-refractivity contribution >= 4 is 17.5 Å². The smallest absolute Gasteiger partial charge is 0.251 e. The van der Waals surface area contributed by atoms with E-state index in [1.807, 2.05) is 55.5 Å². The Morgan fingerprint density at radius 3 is 2.47 bits per heavy atom. The third kappa shape index (κ3) is 4.65. The van der Waals surface area contributed by atoms with Gasteiger partial charge < -0.3 is 30.3 Å². The van der Waals surface area contributed by atoms with E-state index in [2.05, 4.69) is 10.6 Å². The Balaban J connectivity index is 1.30. The molecule has 2 aliphatic rings. The molecule has 1 saturated carbocycles. The van der Waals surface area contributed by atoms with E-state index in [0.29, 0.717) is 22.7 Å². The molecule has 36 heavy (non-hydrogen) atoms. The Labute approximate surface area is 208 Å². The first kappa shape index (κ1) is 23.8. The first-order chi connectivity index (χ1) is 17.4. The van der Waals surface area contributed by atoms with Crippen molar-refractivity contribution in [2.75, 3.05) is 25.3 Å². The largest absolute Gasteiger partial charge is 0.454 e. The quantitative estimate of drug-likeness (QED) is 0.387. The zero-order chi connectivity index (χ0) is 25.3. The molecule has 1 atom stereocenters. The van der Waals surface area contributed by atoms with Crippen molar-refractivity contribution in [2.45, 2.75) is 31.3 Å². The zero-order valence-electron chi connectivity index (χ0n) is 19.9. The van der Waals surface area contributed by atoms with Crippen LogP contribution in [0.1, 0.15) is 34.3 Å². The van der Waals surface area contributed by atoms with Crippen LogP contribution in [0.15, 0.2) is 60.7 Å². The van der Waals surface area contributed by atoms with Gasteiger partial charge in [0.1, 0.15) is 0 Å². The van der Waals surface area contributed by atoms with Gasteiger partial charge in [-0.2, -0.15) is 0 Å². The van der Waals surface area contributed by atoms with Crippen molar-refractivity contribution in [3.8, 4) is 22.6 Å². The zero-order valence-corrected chi connectivity index (χ0v) is 19.9. The first-order valence-corrected chi connectivity index (χ1v) is 11.9. The van der Waals surface area contributed by atoms with E-state index in [-0.39, 0.29) is 25.2 Å². The fourth-order valence-corrected chi connectivity index (χ4v) is 4.41. The molecule has 0 aromatic heterocycles. The van der Waals surface area contributed by atoms with Gasteiger partial charge in [-0.15, -0.1) is 0 Å². The van der Waals surface area contributed by atoms with Crippen LogP contribution in [0.4, 0.5) is 5.69 Å². The average molecular weight is 489 g/mol. The molecule has 0 spiro atoms. The number of aliphatic hydroxyl groups is 2. The molecule has 0 bridgehead atoms. The Kier molecular flexibility index (Phi) is 6.38. The van der Waals surface area contributed by atoms with Crippen molar-refractivity contribution in [2.24, 2.45) is 0 Å². The van der Waals surface area contributed by atoms with Crippen LogP contribution < -0.4 is 20.1 Å². The molecule has 3 aromatic carbocycles. The van der Waals surface area contributed by atoms with Crippen molar-refractivity contribution < 1.29 is 29.3 Å². The maximum atomic E-state index is 13.3. The van der Waals surface area contributed by atoms with E-state index in [1.54, 1.807) is 12.1 Å². The lowest BCUT2D eigenvalue weighted by Gasteiger charge is -2.17. The average Bonchev–Trinajstić information content (AvgIpc) is 3.59. The van der Waals surface area contributed by atoms with Gasteiger partial charge in [0.2, 0.25) is 12.7 Å². The van der Waals surface area contributed by atoms with Crippen LogP contribution in [0, 0.1) is 6.92 Å². The highest BCUT2D eigenvalue weighted by Gasteiger charge is 2.51. The summed E-state index contributed by atoms with van der Waals surface area (Å²) in [7, 11) is 0. The van der Waals surface area contributed by atoms with E-state index in [4.69, 9.17) is 14.6 Å². The van der Waals surface area contributed by atoms with Gasteiger partial charge >= 0.3 is 0 Å². The summed E-state index contributed by atoms with van der Waals surface area (Å²) in [5.41, 5.74) is 4.41. The van der Waals surface area contributed by atoms with Crippen LogP contribution in [0.25, 0.3) is 11.1 Å². The number of ether oxygens (including phenoxy) is 2. The number of carbonyl (C=O) groups is 2. The molecule has 5 rings (SSSR count). The van der Waals surface area contributed by atoms with Gasteiger partial charge in [-0.3, -0.25) is 9.59 Å². The lowest BCUT2D eigenvalue weighted by Crippen LogP contribution is -2.33. The molecule has 0 unspecified atom stereocenters. The summed E-state index contributed by atoms with van der Waals surface area (Å²) in [5.74, 6) is 0.994. The SMILES string of the molecule is Cc1ccc(NC(=O)C2(c3ccc4c(c3)OCO4)CC2)cc1-c1ccc(C(=O)NC[C@H](O)CO)cc1. The van der Waals surface area contributed by atoms with Crippen LogP contribution in [-0.2, 0) is 10.2 Å². The summed E-state index contributed by atoms with van der Waals surface area (Å²) in [6.07, 6.45) is 0.556. The molecule has 2 amide bonds. The second-order valence-electron chi connectivity index (χ2n) is 9.26. The predicted molar refractivity (Wildman–Crippen MR) is 134 cm³/mol. The topological polar surface area (TPSA) is 117 Å². The van der Waals surface area contributed by atoms with Crippen molar-refractivity contribution in [3.63, 3.8) is 0 Å². The molecule has 8 heteroatoms. The molecule has 1 aliphatic heterocycles. The fraction of sp³-hybridized carbons (Fsp3) is 0.286. The van der Waals surface area contributed by atoms with Crippen LogP contribution >= 0.6 is 0 Å². The van der Waals surface area contributed by atoms with E-state index in [1.165, 1.54) is 0 Å². The number of hydrogen-bond donors (Lipinski definition) is 4. The molecule has 3 aromatic rings. The van der Waals surface area contributed by atoms with E-state index in [0.717, 1.165) is 35.1 Å². The summed E-state index contributed by atoms with van der Waals surface area (Å²) in [6.45, 7) is 1.75. The number of fused-ring (bicyclic) bond motifs is 1. The summed E-state index contributed by atoms with van der Waals surface area (Å²) in [4.78, 5) is 25.6. The standard InChI is InChI=1S/C28H28N2O6/c1-17-2-8-21(13-23(17)18-3-5-19(6-4-18)26(33)29-14-22(32)15-31)30-27(34)28(10-11-28)20-7-9-24-25(12-20)36-16-35-24/h2-9,12-13,22,31-32H,10-11,14-16H2,1H3,(H,29,33)(H,30,34)/t22-/m0/s1. The predicted octanol–water partition coefficient (Wildman–Crippen LogP) is 3.14. The maximum absolute atomic E-state index is 13.3. The van der Waals surface area contributed by atoms with Gasteiger partial charge in [0, 0.05) is 17.8 Å². The van der Waals surface area contributed by atoms with Crippen molar-refractivity contribution in [1.29, 1.82) is 0 Å². The highest BCUT2D eigenvalue weighted by atomic mass is 16.7. The lowest BCUT2D eigenvalue weighted by atomic mass is 9.94. The van der Waals surface area contributed by atoms with Crippen LogP contribution in [0.5, 0.6) is 11.5 Å². The Morgan fingerprint density at radius 1 is 1.00 bits per heavy atom. The molecule has 0 saturated heterocycles. The molecule has 0 radical (unpaired) electrons. The van der Waals surface area contributed by atoms with Gasteiger partial charge in [-0.05, 0) is 78.4 Å². The summed E-state index contributed by atoms with van der Waals surface area (Å²) in [5, 5.41) is 24.0. The number of anilines is 1. The second-order valence-corrected chi connectivity index (χ2v) is 9.26. The van der Waals surface area contributed by atoms with E-state index in [9.17, 15) is 14.7 Å². The molecule has 1 aliphatic carbocycles. The maximum Gasteiger partial charge on any atom is 0.251 e. The number of rotatable bonds is 8. The molecule has 1 fully saturated rings. The van der Waals surface area contributed by atoms with Crippen LogP contribution in [-0.4, -0.2) is 48.1 Å². The van der Waals surface area contributed by atoms with Gasteiger partial charge in [-0.1, -0.05) is 24.3 Å². The van der Waals surface area contributed by atoms with Gasteiger partial charge in [-0.25, -0.2) is 0 Å². The van der Waals surface area contributed by atoms with Gasteiger partial charge in [0.25, 0.3) is 5.91 Å². The van der Waals surface area contributed by atoms with Crippen LogP contribution in [0.2, 0.25) is 0 Å². The molecule has 8 nitrogen and oxygen atoms in total. The minimum atomic E-state index is -0.992. The number of carbonyl (C=O) groups excluding carboxylic acids is 2. The Bertz CT molecular complexity index is 1300. The summed E-state index contributed by atoms with van der Waals surface area (Å²) < 4.78 is 10.9. The van der Waals surface area contributed by atoms with Gasteiger partial charge in [0.05, 0.1) is 18.1 Å². The Morgan fingerprint density at radius 2 is 1.75 bits per heavy atom. The third-order valence-corrected chi connectivity index (χ3v) is 6.77. The minimum Gasteiger partial charge on any atom is -0.454 e. The third-order valence-electron chi connectivity index (χ3n) is 6.77. The first-order valence-electron chi connectivity index (χ1n) is 11.9. The molecule has 1 heterocycles. The van der Waals surface area contributed by atoms with Crippen LogP contribution in [0.3, 0.4) is 0 Å². The highest BCUT2D eigenvalue weighted by Crippen LogP contribution is 2.51. The normalized spacial score (nSPS) is 15.8. The molecular formula is C28H28N2O6. The molecule has 186 valence electrons. The minimum absolute atomic E-state index is 0.0221. The van der Waals surface area contributed by atoms with E-state index < -0.39 is 18.1 Å². The number of hydrogen-bond acceptors (Lipinski definition) is 6. The lowest BCUT2D eigenvalue weighted by molar-refractivity contribution is -0.118. The fourth-order valence-electron chi connectivity index (χ4n) is 4.41. The highest BCUT2D eigenvalue weighted by molar-refractivity contribution is 6.02. The van der Waals surface area contributed by atoms with E-state index >= 15 is 0 Å². The number of benzene rings is 3. The Hall–Kier alpha value is -3.88. The summed E-state index contributed by atoms with van der Waals surface area (Å²) in [6, 6.07) is 18.6. The number of nitrogens with one attached hydrogen (secondary N) is 2. The number of aliphatic hydroxyl groups excluding tert-OH is 2. The van der Waals surface area contributed by atoms with Crippen molar-refractivity contribution in [1.82, 2.24) is 5.32 Å². The van der Waals surface area contributed by atoms with Crippen molar-refractivity contribution in [3.05, 3.63) is 77.4 Å². The second kappa shape index (κ2) is 9.64. The van der Waals surface area contributed by atoms with Gasteiger partial charge in [0.15, 0.2) is 11.5 Å². The number of amides is 2.